The van der Waals surface area contributed by atoms with E-state index in [2.05, 4.69) is 14.9 Å². The number of nitrogens with zero attached hydrogens (tertiary/aromatic N) is 4. The van der Waals surface area contributed by atoms with E-state index in [4.69, 9.17) is 0 Å². The van der Waals surface area contributed by atoms with Gasteiger partial charge in [0.2, 0.25) is 0 Å². The zero-order valence-electron chi connectivity index (χ0n) is 13.0. The number of aromatic nitrogens is 2. The fraction of sp³-hybridized carbons (Fsp3) is 0.750. The second-order valence-electron chi connectivity index (χ2n) is 6.33. The van der Waals surface area contributed by atoms with Gasteiger partial charge in [0.1, 0.15) is 5.69 Å². The molecule has 1 amide bonds. The smallest absolute Gasteiger partial charge is 0.272 e. The van der Waals surface area contributed by atoms with E-state index in [-0.39, 0.29) is 5.91 Å². The van der Waals surface area contributed by atoms with Gasteiger partial charge < -0.3 is 9.80 Å². The van der Waals surface area contributed by atoms with Gasteiger partial charge in [-0.2, -0.15) is 5.10 Å². The van der Waals surface area contributed by atoms with Crippen molar-refractivity contribution in [1.82, 2.24) is 19.6 Å². The predicted octanol–water partition coefficient (Wildman–Crippen LogP) is 1.90. The molecule has 0 saturated carbocycles. The molecule has 2 aliphatic rings. The molecular weight excluding hydrogens is 264 g/mol. The van der Waals surface area contributed by atoms with Crippen LogP contribution in [0.3, 0.4) is 0 Å². The van der Waals surface area contributed by atoms with E-state index < -0.39 is 0 Å². The Balaban J connectivity index is 1.63. The first-order valence-electron chi connectivity index (χ1n) is 8.27. The molecule has 0 N–H and O–H groups in total. The lowest BCUT2D eigenvalue weighted by Gasteiger charge is -2.36. The number of piperidine rings is 1. The van der Waals surface area contributed by atoms with Crippen LogP contribution in [-0.2, 0) is 7.05 Å². The first-order chi connectivity index (χ1) is 10.3. The van der Waals surface area contributed by atoms with E-state index in [1.165, 1.54) is 32.4 Å². The number of aryl methyl sites for hydroxylation is 1. The Morgan fingerprint density at radius 1 is 1.24 bits per heavy atom. The molecule has 0 aliphatic carbocycles. The summed E-state index contributed by atoms with van der Waals surface area (Å²) in [4.78, 5) is 17.4. The van der Waals surface area contributed by atoms with E-state index in [9.17, 15) is 4.79 Å². The van der Waals surface area contributed by atoms with Crippen LogP contribution < -0.4 is 0 Å². The SMILES string of the molecule is Cn1nccc1C(=O)N1CCCCC1CCN1CCCC1. The maximum absolute atomic E-state index is 12.7. The second-order valence-corrected chi connectivity index (χ2v) is 6.33. The summed E-state index contributed by atoms with van der Waals surface area (Å²) >= 11 is 0. The van der Waals surface area contributed by atoms with Crippen LogP contribution in [-0.4, -0.2) is 57.7 Å². The molecule has 2 fully saturated rings. The minimum Gasteiger partial charge on any atom is -0.334 e. The number of amides is 1. The summed E-state index contributed by atoms with van der Waals surface area (Å²) in [7, 11) is 1.84. The van der Waals surface area contributed by atoms with Crippen molar-refractivity contribution in [3.63, 3.8) is 0 Å². The molecule has 0 aromatic carbocycles. The van der Waals surface area contributed by atoms with Crippen molar-refractivity contribution >= 4 is 5.91 Å². The van der Waals surface area contributed by atoms with Crippen LogP contribution in [0.2, 0.25) is 0 Å². The molecule has 116 valence electrons. The third-order valence-corrected chi connectivity index (χ3v) is 4.91. The molecule has 1 unspecified atom stereocenters. The van der Waals surface area contributed by atoms with Gasteiger partial charge in [0.15, 0.2) is 0 Å². The maximum Gasteiger partial charge on any atom is 0.272 e. The van der Waals surface area contributed by atoms with E-state index >= 15 is 0 Å². The molecule has 0 bridgehead atoms. The van der Waals surface area contributed by atoms with Gasteiger partial charge in [-0.1, -0.05) is 0 Å². The van der Waals surface area contributed by atoms with Gasteiger partial charge in [0, 0.05) is 32.4 Å². The number of carbonyl (C=O) groups excluding carboxylic acids is 1. The molecule has 2 aliphatic heterocycles. The van der Waals surface area contributed by atoms with E-state index in [1.807, 2.05) is 13.1 Å². The Morgan fingerprint density at radius 2 is 2.00 bits per heavy atom. The third-order valence-electron chi connectivity index (χ3n) is 4.91. The molecule has 1 aromatic heterocycles. The van der Waals surface area contributed by atoms with Crippen molar-refractivity contribution in [1.29, 1.82) is 0 Å². The number of hydrogen-bond acceptors (Lipinski definition) is 3. The molecule has 5 heteroatoms. The Hall–Kier alpha value is -1.36. The predicted molar refractivity (Wildman–Crippen MR) is 82.2 cm³/mol. The van der Waals surface area contributed by atoms with Crippen molar-refractivity contribution in [3.05, 3.63) is 18.0 Å². The van der Waals surface area contributed by atoms with Crippen LogP contribution >= 0.6 is 0 Å². The first-order valence-corrected chi connectivity index (χ1v) is 8.27. The van der Waals surface area contributed by atoms with Crippen LogP contribution in [0.4, 0.5) is 0 Å². The van der Waals surface area contributed by atoms with Gasteiger partial charge in [-0.3, -0.25) is 9.48 Å². The zero-order chi connectivity index (χ0) is 14.7. The molecule has 5 nitrogen and oxygen atoms in total. The van der Waals surface area contributed by atoms with E-state index in [1.54, 1.807) is 10.9 Å². The topological polar surface area (TPSA) is 41.4 Å². The van der Waals surface area contributed by atoms with Crippen LogP contribution in [0.25, 0.3) is 0 Å². The van der Waals surface area contributed by atoms with Gasteiger partial charge in [-0.15, -0.1) is 0 Å². The largest absolute Gasteiger partial charge is 0.334 e. The minimum atomic E-state index is 0.154. The van der Waals surface area contributed by atoms with Gasteiger partial charge in [-0.25, -0.2) is 0 Å². The Bertz CT molecular complexity index is 478. The quantitative estimate of drug-likeness (QED) is 0.850. The molecule has 2 saturated heterocycles. The van der Waals surface area contributed by atoms with Crippen LogP contribution in [0.15, 0.2) is 12.3 Å². The lowest BCUT2D eigenvalue weighted by Crippen LogP contribution is -2.45. The second kappa shape index (κ2) is 6.60. The highest BCUT2D eigenvalue weighted by Gasteiger charge is 2.29. The average molecular weight is 290 g/mol. The summed E-state index contributed by atoms with van der Waals surface area (Å²) in [5.74, 6) is 0.154. The van der Waals surface area contributed by atoms with Crippen LogP contribution in [0.1, 0.15) is 49.0 Å². The summed E-state index contributed by atoms with van der Waals surface area (Å²) in [6, 6.07) is 2.23. The lowest BCUT2D eigenvalue weighted by molar-refractivity contribution is 0.0576. The summed E-state index contributed by atoms with van der Waals surface area (Å²) < 4.78 is 1.69. The van der Waals surface area contributed by atoms with Crippen LogP contribution in [0.5, 0.6) is 0 Å². The zero-order valence-corrected chi connectivity index (χ0v) is 13.0. The molecule has 0 radical (unpaired) electrons. The highest BCUT2D eigenvalue weighted by atomic mass is 16.2. The molecular formula is C16H26N4O. The molecule has 3 heterocycles. The number of carbonyl (C=O) groups is 1. The van der Waals surface area contributed by atoms with Gasteiger partial charge in [0.05, 0.1) is 0 Å². The fourth-order valence-corrected chi connectivity index (χ4v) is 3.64. The average Bonchev–Trinajstić information content (AvgIpc) is 3.16. The highest BCUT2D eigenvalue weighted by Crippen LogP contribution is 2.23. The highest BCUT2D eigenvalue weighted by molar-refractivity contribution is 5.92. The molecule has 1 aromatic rings. The van der Waals surface area contributed by atoms with Gasteiger partial charge in [-0.05, 0) is 57.7 Å². The standard InChI is InChI=1S/C16H26N4O/c1-18-15(7-9-17-18)16(21)20-12-3-2-6-14(20)8-13-19-10-4-5-11-19/h7,9,14H,2-6,8,10-13H2,1H3. The maximum atomic E-state index is 12.7. The molecule has 3 rings (SSSR count). The van der Waals surface area contributed by atoms with E-state index in [0.29, 0.717) is 11.7 Å². The molecule has 1 atom stereocenters. The fourth-order valence-electron chi connectivity index (χ4n) is 3.64. The van der Waals surface area contributed by atoms with Crippen LogP contribution in [0, 0.1) is 0 Å². The van der Waals surface area contributed by atoms with Crippen molar-refractivity contribution < 1.29 is 4.79 Å². The van der Waals surface area contributed by atoms with E-state index in [0.717, 1.165) is 32.4 Å². The Kier molecular flexibility index (Phi) is 4.58. The minimum absolute atomic E-state index is 0.154. The number of hydrogen-bond donors (Lipinski definition) is 0. The van der Waals surface area contributed by atoms with Crippen molar-refractivity contribution in [2.75, 3.05) is 26.2 Å². The number of likely N-dealkylation sites (tertiary alicyclic amines) is 2. The molecule has 21 heavy (non-hydrogen) atoms. The summed E-state index contributed by atoms with van der Waals surface area (Å²) in [5, 5.41) is 4.13. The van der Waals surface area contributed by atoms with Crippen molar-refractivity contribution in [3.8, 4) is 0 Å². The van der Waals surface area contributed by atoms with Gasteiger partial charge in [0.25, 0.3) is 5.91 Å². The van der Waals surface area contributed by atoms with Crippen molar-refractivity contribution in [2.24, 2.45) is 7.05 Å². The normalized spacial score (nSPS) is 23.7. The third kappa shape index (κ3) is 3.28. The Labute approximate surface area is 126 Å². The van der Waals surface area contributed by atoms with Gasteiger partial charge >= 0.3 is 0 Å². The summed E-state index contributed by atoms with van der Waals surface area (Å²) in [5.41, 5.74) is 0.711. The number of rotatable bonds is 4. The van der Waals surface area contributed by atoms with Crippen molar-refractivity contribution in [2.45, 2.75) is 44.6 Å². The Morgan fingerprint density at radius 3 is 2.71 bits per heavy atom. The summed E-state index contributed by atoms with van der Waals surface area (Å²) in [6.45, 7) is 4.51. The lowest BCUT2D eigenvalue weighted by atomic mass is 9.98. The monoisotopic (exact) mass is 290 g/mol. The molecule has 0 spiro atoms. The first kappa shape index (κ1) is 14.6. The summed E-state index contributed by atoms with van der Waals surface area (Å²) in [6.07, 6.45) is 9.02.